The highest BCUT2D eigenvalue weighted by Gasteiger charge is 2.42. The van der Waals surface area contributed by atoms with Crippen molar-refractivity contribution in [2.75, 3.05) is 17.7 Å². The number of aliphatic imine (C=N–C) groups is 1. The maximum atomic E-state index is 13.9. The number of carbonyl (C=O) groups is 5. The number of benzodiazepines with no additional fused rings is 1. The van der Waals surface area contributed by atoms with Crippen molar-refractivity contribution >= 4 is 53.1 Å². The van der Waals surface area contributed by atoms with E-state index < -0.39 is 103 Å². The van der Waals surface area contributed by atoms with Crippen LogP contribution in [0.5, 0.6) is 0 Å². The summed E-state index contributed by atoms with van der Waals surface area (Å²) < 4.78 is 88.0. The summed E-state index contributed by atoms with van der Waals surface area (Å²) in [4.78, 5) is 70.4. The van der Waals surface area contributed by atoms with Gasteiger partial charge in [0.05, 0.1) is 17.3 Å². The van der Waals surface area contributed by atoms with Gasteiger partial charge in [-0.3, -0.25) is 19.1 Å². The Morgan fingerprint density at radius 2 is 1.43 bits per heavy atom. The number of alkyl halides is 6. The zero-order valence-electron chi connectivity index (χ0n) is 29.0. The standard InChI is InChI=1S/C34H39F6N5O7S/c1-32(2,3)52-31(51)41-23(30(49)50)18-53-44-28(47)21(15-17-34(38,39)40)20(14-16-33(35,36)37)27(46)43-26-29(48)45(4)24-13-9-8-12-22(24)25(42-26)19-10-6-5-7-11-19/h5-13,20-21,23,26H,14-18H2,1-4H3,(H,41,51)(H,43,46)(H,44,47)(H,49,50)/t20-,21+,23?,26?/m1/s1. The van der Waals surface area contributed by atoms with Crippen LogP contribution in [0.25, 0.3) is 0 Å². The van der Waals surface area contributed by atoms with Crippen LogP contribution in [0.3, 0.4) is 0 Å². The fourth-order valence-corrected chi connectivity index (χ4v) is 6.02. The molecule has 4 amide bonds. The van der Waals surface area contributed by atoms with Crippen molar-refractivity contribution in [2.45, 2.75) is 76.6 Å². The summed E-state index contributed by atoms with van der Waals surface area (Å²) in [7, 11) is 1.38. The second-order valence-corrected chi connectivity index (χ2v) is 13.8. The molecular weight excluding hydrogens is 736 g/mol. The average molecular weight is 776 g/mol. The second kappa shape index (κ2) is 17.8. The molecular formula is C34H39F6N5O7S. The van der Waals surface area contributed by atoms with Crippen LogP contribution in [0.2, 0.25) is 0 Å². The molecule has 2 aromatic carbocycles. The van der Waals surface area contributed by atoms with Crippen molar-refractivity contribution in [3.05, 3.63) is 65.7 Å². The quantitative estimate of drug-likeness (QED) is 0.142. The molecule has 19 heteroatoms. The minimum atomic E-state index is -4.89. The Morgan fingerprint density at radius 3 is 1.98 bits per heavy atom. The number of nitrogens with one attached hydrogen (secondary N) is 3. The maximum Gasteiger partial charge on any atom is 0.408 e. The topological polar surface area (TPSA) is 166 Å². The lowest BCUT2D eigenvalue weighted by Crippen LogP contribution is -2.50. The van der Waals surface area contributed by atoms with Gasteiger partial charge in [-0.25, -0.2) is 14.6 Å². The van der Waals surface area contributed by atoms with Gasteiger partial charge >= 0.3 is 24.4 Å². The third-order valence-corrected chi connectivity index (χ3v) is 8.56. The van der Waals surface area contributed by atoms with Crippen molar-refractivity contribution < 1.29 is 60.2 Å². The Kier molecular flexibility index (Phi) is 14.3. The first-order valence-electron chi connectivity index (χ1n) is 16.1. The number of hydrogen-bond donors (Lipinski definition) is 4. The molecule has 53 heavy (non-hydrogen) atoms. The van der Waals surface area contributed by atoms with E-state index in [4.69, 9.17) is 4.74 Å². The van der Waals surface area contributed by atoms with Gasteiger partial charge in [0.25, 0.3) is 5.91 Å². The number of anilines is 1. The number of rotatable bonds is 14. The van der Waals surface area contributed by atoms with Gasteiger partial charge in [-0.2, -0.15) is 26.3 Å². The number of amides is 4. The molecule has 0 saturated heterocycles. The highest BCUT2D eigenvalue weighted by atomic mass is 32.2. The molecule has 1 heterocycles. The maximum absolute atomic E-state index is 13.9. The number of carbonyl (C=O) groups excluding carboxylic acids is 4. The van der Waals surface area contributed by atoms with Gasteiger partial charge in [0.15, 0.2) is 0 Å². The van der Waals surface area contributed by atoms with Crippen LogP contribution < -0.4 is 20.3 Å². The summed E-state index contributed by atoms with van der Waals surface area (Å²) in [6.45, 7) is 4.55. The molecule has 0 bridgehead atoms. The number of halogens is 6. The molecule has 2 unspecified atom stereocenters. The molecule has 0 radical (unpaired) electrons. The second-order valence-electron chi connectivity index (χ2n) is 13.0. The van der Waals surface area contributed by atoms with Crippen molar-refractivity contribution in [2.24, 2.45) is 16.8 Å². The van der Waals surface area contributed by atoms with Gasteiger partial charge in [0.2, 0.25) is 18.0 Å². The number of aliphatic carboxylic acids is 1. The summed E-state index contributed by atoms with van der Waals surface area (Å²) in [6.07, 6.45) is -18.3. The molecule has 2 aromatic rings. The Bertz CT molecular complexity index is 1670. The molecule has 290 valence electrons. The van der Waals surface area contributed by atoms with Gasteiger partial charge < -0.3 is 25.4 Å². The molecule has 0 fully saturated rings. The molecule has 0 spiro atoms. The number of ether oxygens (including phenoxy) is 1. The van der Waals surface area contributed by atoms with Crippen LogP contribution in [-0.2, 0) is 23.9 Å². The number of fused-ring (bicyclic) bond motifs is 1. The Labute approximate surface area is 305 Å². The van der Waals surface area contributed by atoms with Crippen LogP contribution >= 0.6 is 11.9 Å². The monoisotopic (exact) mass is 775 g/mol. The third-order valence-electron chi connectivity index (χ3n) is 7.72. The number of para-hydroxylation sites is 1. The SMILES string of the molecule is CN1C(=O)C(NC(=O)[C@H](CCC(F)(F)F)[C@H](CCC(F)(F)F)C(=O)NSCC(NC(=O)OC(C)(C)C)C(=O)O)N=C(c2ccccc2)c2ccccc21. The summed E-state index contributed by atoms with van der Waals surface area (Å²) in [6, 6.07) is 13.3. The number of nitrogens with zero attached hydrogens (tertiary/aromatic N) is 2. The minimum Gasteiger partial charge on any atom is -0.480 e. The van der Waals surface area contributed by atoms with Crippen molar-refractivity contribution in [1.29, 1.82) is 0 Å². The predicted octanol–water partition coefficient (Wildman–Crippen LogP) is 5.60. The van der Waals surface area contributed by atoms with E-state index in [0.717, 1.165) is 0 Å². The molecule has 0 saturated carbocycles. The van der Waals surface area contributed by atoms with E-state index in [2.05, 4.69) is 20.3 Å². The van der Waals surface area contributed by atoms with Crippen LogP contribution in [0.15, 0.2) is 59.6 Å². The van der Waals surface area contributed by atoms with E-state index in [-0.39, 0.29) is 5.71 Å². The van der Waals surface area contributed by atoms with Crippen molar-refractivity contribution in [3.63, 3.8) is 0 Å². The van der Waals surface area contributed by atoms with Gasteiger partial charge in [-0.15, -0.1) is 0 Å². The normalized spacial score (nSPS) is 16.6. The molecule has 4 atom stereocenters. The zero-order valence-corrected chi connectivity index (χ0v) is 29.8. The summed E-state index contributed by atoms with van der Waals surface area (Å²) in [5.41, 5.74) is 0.593. The molecule has 4 N–H and O–H groups in total. The number of alkyl carbamates (subject to hydrolysis) is 1. The Morgan fingerprint density at radius 1 is 0.887 bits per heavy atom. The number of carboxylic acid groups (broad SMARTS) is 1. The van der Waals surface area contributed by atoms with Crippen molar-refractivity contribution in [1.82, 2.24) is 15.4 Å². The van der Waals surface area contributed by atoms with E-state index in [9.17, 15) is 55.4 Å². The van der Waals surface area contributed by atoms with E-state index in [1.165, 1.54) is 32.7 Å². The Balaban J connectivity index is 1.95. The third kappa shape index (κ3) is 13.3. The Hall–Kier alpha value is -4.81. The van der Waals surface area contributed by atoms with Crippen LogP contribution in [0, 0.1) is 11.8 Å². The lowest BCUT2D eigenvalue weighted by atomic mass is 9.83. The summed E-state index contributed by atoms with van der Waals surface area (Å²) >= 11 is 0.334. The van der Waals surface area contributed by atoms with Gasteiger partial charge in [-0.05, 0) is 51.6 Å². The zero-order chi connectivity index (χ0) is 39.7. The van der Waals surface area contributed by atoms with E-state index in [1.54, 1.807) is 54.6 Å². The first-order valence-corrected chi connectivity index (χ1v) is 17.1. The van der Waals surface area contributed by atoms with Crippen LogP contribution in [0.1, 0.15) is 57.6 Å². The molecule has 1 aliphatic rings. The summed E-state index contributed by atoms with van der Waals surface area (Å²) in [5, 5.41) is 13.9. The minimum absolute atomic E-state index is 0.229. The largest absolute Gasteiger partial charge is 0.480 e. The van der Waals surface area contributed by atoms with Gasteiger partial charge in [0.1, 0.15) is 11.6 Å². The average Bonchev–Trinajstić information content (AvgIpc) is 3.14. The van der Waals surface area contributed by atoms with Crippen LogP contribution in [0.4, 0.5) is 36.8 Å². The first-order chi connectivity index (χ1) is 24.6. The first kappa shape index (κ1) is 42.6. The molecule has 12 nitrogen and oxygen atoms in total. The smallest absolute Gasteiger partial charge is 0.408 e. The number of hydrogen-bond acceptors (Lipinski definition) is 8. The summed E-state index contributed by atoms with van der Waals surface area (Å²) in [5.74, 6) is -9.74. The fourth-order valence-electron chi connectivity index (χ4n) is 5.25. The van der Waals surface area contributed by atoms with E-state index >= 15 is 0 Å². The number of carboxylic acids is 1. The predicted molar refractivity (Wildman–Crippen MR) is 183 cm³/mol. The van der Waals surface area contributed by atoms with E-state index in [0.29, 0.717) is 28.8 Å². The highest BCUT2D eigenvalue weighted by Crippen LogP contribution is 2.34. The lowest BCUT2D eigenvalue weighted by Gasteiger charge is -2.28. The van der Waals surface area contributed by atoms with Gasteiger partial charge in [0, 0.05) is 42.7 Å². The van der Waals surface area contributed by atoms with Gasteiger partial charge in [-0.1, -0.05) is 48.5 Å². The number of benzene rings is 2. The van der Waals surface area contributed by atoms with Crippen molar-refractivity contribution in [3.8, 4) is 0 Å². The molecule has 0 aromatic heterocycles. The van der Waals surface area contributed by atoms with E-state index in [1.807, 2.05) is 0 Å². The highest BCUT2D eigenvalue weighted by molar-refractivity contribution is 7.98. The number of likely N-dealkylation sites (N-methyl/N-ethyl adjacent to an activating group) is 1. The molecule has 3 rings (SSSR count). The molecule has 0 aliphatic carbocycles. The fraction of sp³-hybridized carbons (Fsp3) is 0.471. The lowest BCUT2D eigenvalue weighted by molar-refractivity contribution is -0.152. The van der Waals surface area contributed by atoms with Crippen LogP contribution in [-0.4, -0.2) is 83.6 Å². The molecule has 1 aliphatic heterocycles.